The minimum absolute atomic E-state index is 0.692. The summed E-state index contributed by atoms with van der Waals surface area (Å²) in [6, 6.07) is 9.53. The second-order valence-corrected chi connectivity index (χ2v) is 7.50. The molecule has 3 atom stereocenters. The Bertz CT molecular complexity index is 433. The molecule has 2 fully saturated rings. The molecule has 3 unspecified atom stereocenters. The standard InChI is InChI=1S/C18H26BrN/c1-2-10-20-17(12-13-6-5-7-14(19)11-13)18-15-8-3-4-9-16(15)18/h5-7,11,15-18,20H,2-4,8-10,12H2,1H3. The summed E-state index contributed by atoms with van der Waals surface area (Å²) in [5.74, 6) is 3.01. The molecule has 0 heterocycles. The molecule has 2 aliphatic carbocycles. The van der Waals surface area contributed by atoms with Crippen LogP contribution in [0.15, 0.2) is 28.7 Å². The molecule has 3 rings (SSSR count). The zero-order valence-electron chi connectivity index (χ0n) is 12.4. The lowest BCUT2D eigenvalue weighted by molar-refractivity contribution is 0.428. The maximum atomic E-state index is 3.84. The molecule has 1 aromatic carbocycles. The first-order valence-electron chi connectivity index (χ1n) is 8.27. The van der Waals surface area contributed by atoms with E-state index in [0.717, 1.165) is 24.3 Å². The lowest BCUT2D eigenvalue weighted by atomic mass is 9.99. The normalized spacial score (nSPS) is 29.8. The van der Waals surface area contributed by atoms with Gasteiger partial charge in [0.2, 0.25) is 0 Å². The van der Waals surface area contributed by atoms with E-state index < -0.39 is 0 Å². The zero-order chi connectivity index (χ0) is 13.9. The molecule has 0 radical (unpaired) electrons. The Hall–Kier alpha value is -0.340. The molecule has 0 aromatic heterocycles. The fourth-order valence-corrected chi connectivity index (χ4v) is 4.68. The van der Waals surface area contributed by atoms with Crippen LogP contribution in [0.3, 0.4) is 0 Å². The number of rotatable bonds is 6. The predicted molar refractivity (Wildman–Crippen MR) is 88.9 cm³/mol. The highest BCUT2D eigenvalue weighted by molar-refractivity contribution is 9.10. The molecule has 0 amide bonds. The van der Waals surface area contributed by atoms with Crippen LogP contribution in [0.2, 0.25) is 0 Å². The highest BCUT2D eigenvalue weighted by Gasteiger charge is 2.53. The van der Waals surface area contributed by atoms with Crippen molar-refractivity contribution in [2.45, 2.75) is 51.5 Å². The van der Waals surface area contributed by atoms with Gasteiger partial charge in [0, 0.05) is 10.5 Å². The van der Waals surface area contributed by atoms with Crippen molar-refractivity contribution in [3.63, 3.8) is 0 Å². The zero-order valence-corrected chi connectivity index (χ0v) is 14.0. The number of halogens is 1. The Balaban J connectivity index is 1.67. The second-order valence-electron chi connectivity index (χ2n) is 6.58. The minimum atomic E-state index is 0.692. The Morgan fingerprint density at radius 3 is 2.65 bits per heavy atom. The first-order chi connectivity index (χ1) is 9.79. The van der Waals surface area contributed by atoms with E-state index >= 15 is 0 Å². The van der Waals surface area contributed by atoms with Crippen LogP contribution in [-0.4, -0.2) is 12.6 Å². The quantitative estimate of drug-likeness (QED) is 0.787. The maximum Gasteiger partial charge on any atom is 0.0178 e. The summed E-state index contributed by atoms with van der Waals surface area (Å²) >= 11 is 3.60. The van der Waals surface area contributed by atoms with Crippen LogP contribution in [0.5, 0.6) is 0 Å². The summed E-state index contributed by atoms with van der Waals surface area (Å²) in [7, 11) is 0. The summed E-state index contributed by atoms with van der Waals surface area (Å²) in [6.07, 6.45) is 8.33. The fraction of sp³-hybridized carbons (Fsp3) is 0.667. The van der Waals surface area contributed by atoms with E-state index in [4.69, 9.17) is 0 Å². The monoisotopic (exact) mass is 335 g/mol. The Morgan fingerprint density at radius 1 is 1.25 bits per heavy atom. The summed E-state index contributed by atoms with van der Waals surface area (Å²) in [4.78, 5) is 0. The van der Waals surface area contributed by atoms with E-state index in [-0.39, 0.29) is 0 Å². The molecule has 0 bridgehead atoms. The number of fused-ring (bicyclic) bond motifs is 1. The van der Waals surface area contributed by atoms with E-state index in [2.05, 4.69) is 52.4 Å². The number of nitrogens with one attached hydrogen (secondary N) is 1. The highest BCUT2D eigenvalue weighted by Crippen LogP contribution is 2.57. The predicted octanol–water partition coefficient (Wildman–Crippen LogP) is 4.80. The molecule has 110 valence electrons. The van der Waals surface area contributed by atoms with Crippen molar-refractivity contribution in [2.24, 2.45) is 17.8 Å². The largest absolute Gasteiger partial charge is 0.313 e. The molecular weight excluding hydrogens is 310 g/mol. The summed E-state index contributed by atoms with van der Waals surface area (Å²) in [5, 5.41) is 3.84. The molecule has 0 aliphatic heterocycles. The second kappa shape index (κ2) is 6.62. The molecular formula is C18H26BrN. The third kappa shape index (κ3) is 3.28. The van der Waals surface area contributed by atoms with E-state index in [1.165, 1.54) is 48.6 Å². The van der Waals surface area contributed by atoms with Crippen LogP contribution < -0.4 is 5.32 Å². The summed E-state index contributed by atoms with van der Waals surface area (Å²) in [6.45, 7) is 3.43. The van der Waals surface area contributed by atoms with E-state index in [1.807, 2.05) is 0 Å². The lowest BCUT2D eigenvalue weighted by Crippen LogP contribution is -2.34. The molecule has 20 heavy (non-hydrogen) atoms. The van der Waals surface area contributed by atoms with Gasteiger partial charge in [0.15, 0.2) is 0 Å². The van der Waals surface area contributed by atoms with Gasteiger partial charge in [-0.15, -0.1) is 0 Å². The van der Waals surface area contributed by atoms with Gasteiger partial charge in [0.25, 0.3) is 0 Å². The molecule has 2 heteroatoms. The molecule has 2 aliphatic rings. The van der Waals surface area contributed by atoms with Crippen molar-refractivity contribution in [3.8, 4) is 0 Å². The topological polar surface area (TPSA) is 12.0 Å². The molecule has 0 spiro atoms. The van der Waals surface area contributed by atoms with Gasteiger partial charge in [0.05, 0.1) is 0 Å². The van der Waals surface area contributed by atoms with Crippen LogP contribution in [0, 0.1) is 17.8 Å². The van der Waals surface area contributed by atoms with Gasteiger partial charge in [-0.1, -0.05) is 47.8 Å². The van der Waals surface area contributed by atoms with Crippen molar-refractivity contribution in [1.82, 2.24) is 5.32 Å². The van der Waals surface area contributed by atoms with Crippen molar-refractivity contribution >= 4 is 15.9 Å². The first-order valence-corrected chi connectivity index (χ1v) is 9.06. The van der Waals surface area contributed by atoms with Gasteiger partial charge in [-0.3, -0.25) is 0 Å². The van der Waals surface area contributed by atoms with Gasteiger partial charge >= 0.3 is 0 Å². The van der Waals surface area contributed by atoms with Crippen LogP contribution in [0.1, 0.15) is 44.6 Å². The van der Waals surface area contributed by atoms with Crippen molar-refractivity contribution in [2.75, 3.05) is 6.54 Å². The van der Waals surface area contributed by atoms with Crippen LogP contribution >= 0.6 is 15.9 Å². The molecule has 2 saturated carbocycles. The van der Waals surface area contributed by atoms with Crippen LogP contribution in [-0.2, 0) is 6.42 Å². The SMILES string of the molecule is CCCNC(Cc1cccc(Br)c1)C1C2CCCCC21. The highest BCUT2D eigenvalue weighted by atomic mass is 79.9. The lowest BCUT2D eigenvalue weighted by Gasteiger charge is -2.19. The third-order valence-corrected chi connectivity index (χ3v) is 5.68. The number of hydrogen-bond donors (Lipinski definition) is 1. The van der Waals surface area contributed by atoms with Gasteiger partial charge in [-0.05, 0) is 67.7 Å². The van der Waals surface area contributed by atoms with Crippen molar-refractivity contribution in [3.05, 3.63) is 34.3 Å². The molecule has 0 saturated heterocycles. The summed E-state index contributed by atoms with van der Waals surface area (Å²) in [5.41, 5.74) is 1.47. The van der Waals surface area contributed by atoms with Crippen molar-refractivity contribution < 1.29 is 0 Å². The Kier molecular flexibility index (Phi) is 4.83. The van der Waals surface area contributed by atoms with Gasteiger partial charge in [0.1, 0.15) is 0 Å². The van der Waals surface area contributed by atoms with Gasteiger partial charge < -0.3 is 5.32 Å². The Labute approximate surface area is 131 Å². The molecule has 1 aromatic rings. The number of hydrogen-bond acceptors (Lipinski definition) is 1. The van der Waals surface area contributed by atoms with Gasteiger partial charge in [-0.2, -0.15) is 0 Å². The van der Waals surface area contributed by atoms with E-state index in [0.29, 0.717) is 6.04 Å². The fourth-order valence-electron chi connectivity index (χ4n) is 4.24. The first kappa shape index (κ1) is 14.6. The average Bonchev–Trinajstić information content (AvgIpc) is 3.18. The molecule has 1 nitrogen and oxygen atoms in total. The van der Waals surface area contributed by atoms with E-state index in [1.54, 1.807) is 0 Å². The van der Waals surface area contributed by atoms with Gasteiger partial charge in [-0.25, -0.2) is 0 Å². The maximum absolute atomic E-state index is 3.84. The average molecular weight is 336 g/mol. The van der Waals surface area contributed by atoms with E-state index in [9.17, 15) is 0 Å². The Morgan fingerprint density at radius 2 is 2.00 bits per heavy atom. The van der Waals surface area contributed by atoms with Crippen molar-refractivity contribution in [1.29, 1.82) is 0 Å². The van der Waals surface area contributed by atoms with Crippen LogP contribution in [0.4, 0.5) is 0 Å². The molecule has 1 N–H and O–H groups in total. The van der Waals surface area contributed by atoms with Crippen LogP contribution in [0.25, 0.3) is 0 Å². The smallest absolute Gasteiger partial charge is 0.0178 e. The minimum Gasteiger partial charge on any atom is -0.313 e. The third-order valence-electron chi connectivity index (χ3n) is 5.19. The summed E-state index contributed by atoms with van der Waals surface area (Å²) < 4.78 is 1.21. The number of benzene rings is 1.